The molecule has 0 saturated carbocycles. The minimum Gasteiger partial charge on any atom is -0.263 e. The first-order chi connectivity index (χ1) is 3.97. The molecule has 0 aromatic heterocycles. The quantitative estimate of drug-likeness (QED) is 0.421. The number of hydrogen-bond acceptors (Lipinski definition) is 2. The van der Waals surface area contributed by atoms with Crippen molar-refractivity contribution in [3.05, 3.63) is 23.5 Å². The van der Waals surface area contributed by atoms with Crippen molar-refractivity contribution in [3.63, 3.8) is 0 Å². The molecule has 2 nitrogen and oxygen atoms in total. The predicted molar refractivity (Wildman–Crippen MR) is 32.9 cm³/mol. The summed E-state index contributed by atoms with van der Waals surface area (Å²) < 4.78 is 0. The zero-order chi connectivity index (χ0) is 5.40. The van der Waals surface area contributed by atoms with Crippen LogP contribution >= 0.6 is 0 Å². The topological polar surface area (TPSA) is 26.5 Å². The van der Waals surface area contributed by atoms with Crippen LogP contribution in [-0.4, -0.2) is 12.4 Å². The van der Waals surface area contributed by atoms with Crippen LogP contribution in [0.15, 0.2) is 28.5 Å². The highest BCUT2D eigenvalue weighted by atomic mass is 14.8. The summed E-state index contributed by atoms with van der Waals surface area (Å²) in [6.07, 6.45) is 7.23. The first kappa shape index (κ1) is 3.78. The van der Waals surface area contributed by atoms with Crippen LogP contribution < -0.4 is 4.99 Å². The van der Waals surface area contributed by atoms with Crippen molar-refractivity contribution in [1.82, 2.24) is 4.99 Å². The van der Waals surface area contributed by atoms with Gasteiger partial charge in [-0.25, -0.2) is 0 Å². The fraction of sp³-hybridized carbons (Fsp3) is 0. The first-order valence-corrected chi connectivity index (χ1v) is 2.44. The van der Waals surface area contributed by atoms with Crippen LogP contribution in [0.2, 0.25) is 0 Å². The Morgan fingerprint density at radius 3 is 3.25 bits per heavy atom. The van der Waals surface area contributed by atoms with Gasteiger partial charge in [-0.3, -0.25) is 4.99 Å². The maximum absolute atomic E-state index is 3.92. The smallest absolute Gasteiger partial charge is 0.251 e. The molecule has 37 valence electrons. The molecule has 1 radical (unpaired) electrons. The van der Waals surface area contributed by atoms with E-state index in [2.05, 4.69) is 9.98 Å². The van der Waals surface area contributed by atoms with Crippen LogP contribution in [0.1, 0.15) is 0 Å². The molecule has 2 heteroatoms. The molecule has 8 heavy (non-hydrogen) atoms. The van der Waals surface area contributed by atoms with Crippen molar-refractivity contribution in [3.8, 4) is 0 Å². The molecule has 0 bridgehead atoms. The van der Waals surface area contributed by atoms with Gasteiger partial charge in [-0.15, -0.1) is 0 Å². The molecule has 0 aromatic carbocycles. The van der Waals surface area contributed by atoms with Gasteiger partial charge in [0.25, 0.3) is 12.4 Å². The third kappa shape index (κ3) is 0.320. The van der Waals surface area contributed by atoms with E-state index in [0.29, 0.717) is 0 Å². The minimum atomic E-state index is 1.13. The summed E-state index contributed by atoms with van der Waals surface area (Å²) >= 11 is 0. The van der Waals surface area contributed by atoms with Crippen molar-refractivity contribution in [2.24, 2.45) is 4.99 Å². The second-order valence-electron chi connectivity index (χ2n) is 1.73. The first-order valence-electron chi connectivity index (χ1n) is 2.44. The van der Waals surface area contributed by atoms with E-state index in [-0.39, 0.29) is 0 Å². The van der Waals surface area contributed by atoms with Gasteiger partial charge >= 0.3 is 0 Å². The second kappa shape index (κ2) is 1.15. The number of hydrogen-bond donors (Lipinski definition) is 0. The van der Waals surface area contributed by atoms with Gasteiger partial charge in [0.05, 0.1) is 16.1 Å². The maximum Gasteiger partial charge on any atom is 0.251 e. The van der Waals surface area contributed by atoms with Crippen molar-refractivity contribution in [1.29, 1.82) is 0 Å². The summed E-state index contributed by atoms with van der Waals surface area (Å²) in [4.78, 5) is 7.84. The van der Waals surface area contributed by atoms with Crippen LogP contribution in [0.4, 0.5) is 0 Å². The summed E-state index contributed by atoms with van der Waals surface area (Å²) in [5.74, 6) is 0. The Balaban J connectivity index is 2.59. The fourth-order valence-corrected chi connectivity index (χ4v) is 0.761. The van der Waals surface area contributed by atoms with Crippen LogP contribution in [0, 0.1) is 0 Å². The molecule has 2 aliphatic rings. The molecule has 0 amide bonds. The van der Waals surface area contributed by atoms with Crippen LogP contribution in [0.3, 0.4) is 0 Å². The fourth-order valence-electron chi connectivity index (χ4n) is 0.761. The summed E-state index contributed by atoms with van der Waals surface area (Å²) in [6.45, 7) is 0. The lowest BCUT2D eigenvalue weighted by Crippen LogP contribution is -1.79. The standard InChI is InChI=1S/C6H4N2/c1-5-2-8-4-6(5)3-7-1/h1-4H/q+1. The van der Waals surface area contributed by atoms with E-state index >= 15 is 0 Å². The van der Waals surface area contributed by atoms with Gasteiger partial charge in [0.2, 0.25) is 0 Å². The van der Waals surface area contributed by atoms with Crippen LogP contribution in [-0.2, 0) is 0 Å². The molecule has 2 aliphatic heterocycles. The SMILES string of the molecule is C1=NC=C2C=[N+]C=C12. The Kier molecular flexibility index (Phi) is 0.545. The second-order valence-corrected chi connectivity index (χ2v) is 1.73. The largest absolute Gasteiger partial charge is 0.263 e. The third-order valence-corrected chi connectivity index (χ3v) is 1.19. The number of nitrogens with zero attached hydrogens (tertiary/aromatic N) is 2. The van der Waals surface area contributed by atoms with Gasteiger partial charge in [0.1, 0.15) is 0 Å². The van der Waals surface area contributed by atoms with Gasteiger partial charge in [-0.2, -0.15) is 0 Å². The van der Waals surface area contributed by atoms with Gasteiger partial charge in [-0.05, 0) is 0 Å². The average Bonchev–Trinajstić information content (AvgIpc) is 2.15. The van der Waals surface area contributed by atoms with E-state index in [1.54, 1.807) is 0 Å². The summed E-state index contributed by atoms with van der Waals surface area (Å²) in [6, 6.07) is 0. The average molecular weight is 104 g/mol. The Labute approximate surface area is 47.0 Å². The van der Waals surface area contributed by atoms with Crippen molar-refractivity contribution < 1.29 is 0 Å². The summed E-state index contributed by atoms with van der Waals surface area (Å²) in [5.41, 5.74) is 2.26. The summed E-state index contributed by atoms with van der Waals surface area (Å²) in [7, 11) is 0. The Morgan fingerprint density at radius 1 is 1.38 bits per heavy atom. The zero-order valence-electron chi connectivity index (χ0n) is 4.20. The molecular formula is C6H4N2+. The predicted octanol–water partition coefficient (Wildman–Crippen LogP) is 0.259. The molecular weight excluding hydrogens is 100 g/mol. The number of rotatable bonds is 0. The molecule has 2 rings (SSSR count). The van der Waals surface area contributed by atoms with E-state index in [1.165, 1.54) is 0 Å². The molecule has 0 atom stereocenters. The third-order valence-electron chi connectivity index (χ3n) is 1.19. The van der Waals surface area contributed by atoms with Gasteiger partial charge in [0, 0.05) is 12.4 Å². The molecule has 0 saturated heterocycles. The minimum absolute atomic E-state index is 1.13. The van der Waals surface area contributed by atoms with Crippen molar-refractivity contribution in [2.75, 3.05) is 0 Å². The number of aliphatic imine (C=N–C) groups is 2. The Bertz CT molecular complexity index is 205. The van der Waals surface area contributed by atoms with Gasteiger partial charge < -0.3 is 0 Å². The number of fused-ring (bicyclic) bond motifs is 1. The molecule has 0 fully saturated rings. The molecule has 2 heterocycles. The lowest BCUT2D eigenvalue weighted by atomic mass is 10.2. The van der Waals surface area contributed by atoms with Crippen LogP contribution in [0.25, 0.3) is 0 Å². The van der Waals surface area contributed by atoms with E-state index < -0.39 is 0 Å². The van der Waals surface area contributed by atoms with Gasteiger partial charge in [0.15, 0.2) is 0 Å². The Morgan fingerprint density at radius 2 is 2.38 bits per heavy atom. The van der Waals surface area contributed by atoms with Crippen molar-refractivity contribution in [2.45, 2.75) is 0 Å². The van der Waals surface area contributed by atoms with Crippen molar-refractivity contribution >= 4 is 12.4 Å². The van der Waals surface area contributed by atoms with E-state index in [9.17, 15) is 0 Å². The van der Waals surface area contributed by atoms with E-state index in [0.717, 1.165) is 11.1 Å². The molecule has 0 aliphatic carbocycles. The highest BCUT2D eigenvalue weighted by molar-refractivity contribution is 6.03. The number of allylic oxidation sites excluding steroid dienone is 2. The van der Waals surface area contributed by atoms with E-state index in [4.69, 9.17) is 0 Å². The Hall–Kier alpha value is -1.18. The lowest BCUT2D eigenvalue weighted by Gasteiger charge is -1.72. The molecule has 0 aromatic rings. The zero-order valence-corrected chi connectivity index (χ0v) is 4.20. The molecule has 0 N–H and O–H groups in total. The van der Waals surface area contributed by atoms with Crippen LogP contribution in [0.5, 0.6) is 0 Å². The monoisotopic (exact) mass is 104 g/mol. The highest BCUT2D eigenvalue weighted by Crippen LogP contribution is 2.12. The van der Waals surface area contributed by atoms with E-state index in [1.807, 2.05) is 24.8 Å². The molecule has 0 spiro atoms. The highest BCUT2D eigenvalue weighted by Gasteiger charge is 2.17. The summed E-state index contributed by atoms with van der Waals surface area (Å²) in [5, 5.41) is 0. The maximum atomic E-state index is 3.92. The molecule has 0 unspecified atom stereocenters. The normalized spacial score (nSPS) is 21.0. The lowest BCUT2D eigenvalue weighted by molar-refractivity contribution is 1.43. The van der Waals surface area contributed by atoms with Gasteiger partial charge in [-0.1, -0.05) is 0 Å².